The number of carbonyl (C=O) groups is 1. The zero-order valence-corrected chi connectivity index (χ0v) is 13.6. The van der Waals surface area contributed by atoms with Gasteiger partial charge in [0.25, 0.3) is 0 Å². The summed E-state index contributed by atoms with van der Waals surface area (Å²) in [5.74, 6) is 0.516. The van der Waals surface area contributed by atoms with E-state index in [0.29, 0.717) is 6.42 Å². The van der Waals surface area contributed by atoms with Gasteiger partial charge in [0.2, 0.25) is 0 Å². The second-order valence-electron chi connectivity index (χ2n) is 7.09. The molecule has 1 aromatic carbocycles. The van der Waals surface area contributed by atoms with E-state index in [4.69, 9.17) is 4.74 Å². The third-order valence-corrected chi connectivity index (χ3v) is 5.17. The van der Waals surface area contributed by atoms with E-state index >= 15 is 0 Å². The van der Waals surface area contributed by atoms with Crippen molar-refractivity contribution in [1.82, 2.24) is 0 Å². The largest absolute Gasteiger partial charge is 0.462 e. The van der Waals surface area contributed by atoms with Crippen molar-refractivity contribution in [3.63, 3.8) is 0 Å². The summed E-state index contributed by atoms with van der Waals surface area (Å²) >= 11 is 0. The van der Waals surface area contributed by atoms with Crippen LogP contribution in [-0.4, -0.2) is 23.3 Å². The summed E-state index contributed by atoms with van der Waals surface area (Å²) in [6, 6.07) is 4.52. The Morgan fingerprint density at radius 3 is 2.91 bits per heavy atom. The molecule has 3 heteroatoms. The van der Waals surface area contributed by atoms with Gasteiger partial charge in [-0.25, -0.2) is 0 Å². The van der Waals surface area contributed by atoms with Crippen molar-refractivity contribution < 1.29 is 14.6 Å². The third kappa shape index (κ3) is 3.35. The number of esters is 1. The summed E-state index contributed by atoms with van der Waals surface area (Å²) in [4.78, 5) is 11.4. The van der Waals surface area contributed by atoms with Crippen molar-refractivity contribution in [2.45, 2.75) is 71.0 Å². The molecule has 2 aliphatic rings. The molecule has 1 N–H and O–H groups in total. The lowest BCUT2D eigenvalue weighted by Gasteiger charge is -2.28. The molecule has 3 rings (SSSR count). The minimum Gasteiger partial charge on any atom is -0.462 e. The highest BCUT2D eigenvalue weighted by Crippen LogP contribution is 2.31. The molecule has 0 radical (unpaired) electrons. The van der Waals surface area contributed by atoms with E-state index in [-0.39, 0.29) is 18.5 Å². The Morgan fingerprint density at radius 2 is 2.14 bits per heavy atom. The predicted molar refractivity (Wildman–Crippen MR) is 85.8 cm³/mol. The van der Waals surface area contributed by atoms with Gasteiger partial charge in [-0.2, -0.15) is 0 Å². The second kappa shape index (κ2) is 6.41. The fraction of sp³-hybridized carbons (Fsp3) is 0.632. The molecule has 0 saturated carbocycles. The smallest absolute Gasteiger partial charge is 0.308 e. The van der Waals surface area contributed by atoms with Crippen LogP contribution in [0, 0.1) is 12.8 Å². The van der Waals surface area contributed by atoms with E-state index in [9.17, 15) is 9.90 Å². The summed E-state index contributed by atoms with van der Waals surface area (Å²) in [6.45, 7) is 4.50. The standard InChI is InChI=1S/C19H26O3/c1-12-3-7-18-14(9-12)5-4-13(2)17(18)8-6-16-10-15(20)11-19(21)22-16/h4-5,12,15-16,20H,3,6-11H2,1-2H3/t12-,15-,16-/m1/s1. The molecule has 3 nitrogen and oxygen atoms in total. The predicted octanol–water partition coefficient (Wildman–Crippen LogP) is 3.12. The third-order valence-electron chi connectivity index (χ3n) is 5.17. The highest BCUT2D eigenvalue weighted by atomic mass is 16.5. The number of ether oxygens (including phenoxy) is 1. The molecule has 0 aromatic heterocycles. The number of cyclic esters (lactones) is 1. The van der Waals surface area contributed by atoms with Gasteiger partial charge in [-0.1, -0.05) is 19.1 Å². The molecule has 0 unspecified atom stereocenters. The molecule has 0 bridgehead atoms. The van der Waals surface area contributed by atoms with Crippen LogP contribution in [0.1, 0.15) is 54.9 Å². The van der Waals surface area contributed by atoms with Gasteiger partial charge in [-0.3, -0.25) is 4.79 Å². The number of carbonyl (C=O) groups excluding carboxylic acids is 1. The molecule has 1 heterocycles. The van der Waals surface area contributed by atoms with Gasteiger partial charge in [0.15, 0.2) is 0 Å². The van der Waals surface area contributed by atoms with Crippen molar-refractivity contribution in [3.8, 4) is 0 Å². The average Bonchev–Trinajstić information content (AvgIpc) is 2.45. The maximum atomic E-state index is 11.4. The molecule has 1 aliphatic heterocycles. The molecule has 22 heavy (non-hydrogen) atoms. The van der Waals surface area contributed by atoms with E-state index in [1.807, 2.05) is 0 Å². The summed E-state index contributed by atoms with van der Waals surface area (Å²) in [6.07, 6.45) is 5.43. The van der Waals surface area contributed by atoms with Gasteiger partial charge in [0.1, 0.15) is 6.10 Å². The minimum absolute atomic E-state index is 0.131. The molecule has 1 aliphatic carbocycles. The van der Waals surface area contributed by atoms with Crippen molar-refractivity contribution >= 4 is 5.97 Å². The van der Waals surface area contributed by atoms with Crippen LogP contribution in [0.15, 0.2) is 12.1 Å². The zero-order valence-electron chi connectivity index (χ0n) is 13.6. The maximum absolute atomic E-state index is 11.4. The van der Waals surface area contributed by atoms with Crippen LogP contribution < -0.4 is 0 Å². The fourth-order valence-corrected chi connectivity index (χ4v) is 3.92. The Kier molecular flexibility index (Phi) is 4.53. The molecule has 1 saturated heterocycles. The number of rotatable bonds is 3. The van der Waals surface area contributed by atoms with Gasteiger partial charge in [-0.15, -0.1) is 0 Å². The number of aryl methyl sites for hydroxylation is 1. The van der Waals surface area contributed by atoms with E-state index in [2.05, 4.69) is 26.0 Å². The van der Waals surface area contributed by atoms with Gasteiger partial charge in [0, 0.05) is 6.42 Å². The van der Waals surface area contributed by atoms with Crippen LogP contribution in [0.2, 0.25) is 0 Å². The van der Waals surface area contributed by atoms with E-state index in [1.54, 1.807) is 0 Å². The number of fused-ring (bicyclic) bond motifs is 1. The molecule has 120 valence electrons. The lowest BCUT2D eigenvalue weighted by molar-refractivity contribution is -0.160. The molecule has 0 amide bonds. The van der Waals surface area contributed by atoms with Crippen LogP contribution in [0.5, 0.6) is 0 Å². The van der Waals surface area contributed by atoms with Gasteiger partial charge >= 0.3 is 5.97 Å². The lowest BCUT2D eigenvalue weighted by atomic mass is 9.80. The Labute approximate surface area is 132 Å². The Morgan fingerprint density at radius 1 is 1.32 bits per heavy atom. The Balaban J connectivity index is 1.72. The van der Waals surface area contributed by atoms with Gasteiger partial charge in [0.05, 0.1) is 12.5 Å². The SMILES string of the molecule is Cc1ccc2c(c1CC[C@@H]1C[C@@H](O)CC(=O)O1)CC[C@@H](C)C2. The maximum Gasteiger partial charge on any atom is 0.308 e. The van der Waals surface area contributed by atoms with Crippen molar-refractivity contribution in [1.29, 1.82) is 0 Å². The summed E-state index contributed by atoms with van der Waals surface area (Å²) in [5, 5.41) is 9.72. The topological polar surface area (TPSA) is 46.5 Å². The first-order chi connectivity index (χ1) is 10.5. The summed E-state index contributed by atoms with van der Waals surface area (Å²) < 4.78 is 5.38. The number of aliphatic hydroxyl groups is 1. The number of hydrogen-bond donors (Lipinski definition) is 1. The van der Waals surface area contributed by atoms with Crippen LogP contribution in [0.4, 0.5) is 0 Å². The Hall–Kier alpha value is -1.35. The van der Waals surface area contributed by atoms with Crippen LogP contribution in [0.3, 0.4) is 0 Å². The highest BCUT2D eigenvalue weighted by Gasteiger charge is 2.27. The first kappa shape index (κ1) is 15.5. The Bertz CT molecular complexity index is 564. The second-order valence-corrected chi connectivity index (χ2v) is 7.09. The van der Waals surface area contributed by atoms with E-state index < -0.39 is 6.10 Å². The molecule has 3 atom stereocenters. The number of benzene rings is 1. The molecule has 1 aromatic rings. The monoisotopic (exact) mass is 302 g/mol. The molecule has 0 spiro atoms. The van der Waals surface area contributed by atoms with E-state index in [0.717, 1.165) is 18.8 Å². The first-order valence-electron chi connectivity index (χ1n) is 8.50. The quantitative estimate of drug-likeness (QED) is 0.873. The van der Waals surface area contributed by atoms with Crippen LogP contribution in [0.25, 0.3) is 0 Å². The van der Waals surface area contributed by atoms with Gasteiger partial charge < -0.3 is 9.84 Å². The zero-order chi connectivity index (χ0) is 15.7. The first-order valence-corrected chi connectivity index (χ1v) is 8.50. The lowest BCUT2D eigenvalue weighted by Crippen LogP contribution is -2.33. The number of aliphatic hydroxyl groups excluding tert-OH is 1. The average molecular weight is 302 g/mol. The molecular weight excluding hydrogens is 276 g/mol. The van der Waals surface area contributed by atoms with Gasteiger partial charge in [-0.05, 0) is 67.2 Å². The van der Waals surface area contributed by atoms with Crippen LogP contribution in [-0.2, 0) is 28.8 Å². The number of hydrogen-bond acceptors (Lipinski definition) is 3. The van der Waals surface area contributed by atoms with Crippen molar-refractivity contribution in [3.05, 3.63) is 34.4 Å². The van der Waals surface area contributed by atoms with Crippen LogP contribution >= 0.6 is 0 Å². The normalized spacial score (nSPS) is 28.1. The van der Waals surface area contributed by atoms with E-state index in [1.165, 1.54) is 41.5 Å². The molecular formula is C19H26O3. The summed E-state index contributed by atoms with van der Waals surface area (Å²) in [5.41, 5.74) is 5.82. The molecule has 1 fully saturated rings. The fourth-order valence-electron chi connectivity index (χ4n) is 3.92. The highest BCUT2D eigenvalue weighted by molar-refractivity contribution is 5.70. The minimum atomic E-state index is -0.530. The van der Waals surface area contributed by atoms with Crippen molar-refractivity contribution in [2.75, 3.05) is 0 Å². The van der Waals surface area contributed by atoms with Crippen molar-refractivity contribution in [2.24, 2.45) is 5.92 Å². The summed E-state index contributed by atoms with van der Waals surface area (Å²) in [7, 11) is 0.